The van der Waals surface area contributed by atoms with E-state index in [-0.39, 0.29) is 36.6 Å². The average Bonchev–Trinajstić information content (AvgIpc) is 2.94. The zero-order chi connectivity index (χ0) is 27.6. The van der Waals surface area contributed by atoms with Crippen molar-refractivity contribution >= 4 is 29.2 Å². The maximum absolute atomic E-state index is 13.8. The molecule has 2 aromatic carbocycles. The molecule has 39 heavy (non-hydrogen) atoms. The largest absolute Gasteiger partial charge is 0.351 e. The van der Waals surface area contributed by atoms with Crippen LogP contribution in [0.2, 0.25) is 0 Å². The first-order valence-electron chi connectivity index (χ1n) is 13.6. The lowest BCUT2D eigenvalue weighted by Gasteiger charge is -2.33. The Morgan fingerprint density at radius 2 is 1.67 bits per heavy atom. The second-order valence-electron chi connectivity index (χ2n) is 10.0. The first-order chi connectivity index (χ1) is 18.9. The van der Waals surface area contributed by atoms with Gasteiger partial charge in [-0.15, -0.1) is 0 Å². The lowest BCUT2D eigenvalue weighted by molar-refractivity contribution is -0.127. The van der Waals surface area contributed by atoms with Gasteiger partial charge in [-0.1, -0.05) is 55.2 Å². The van der Waals surface area contributed by atoms with Crippen LogP contribution >= 0.6 is 0 Å². The SMILES string of the molecule is Cc1ccc(N(C(=O)CCCC(=O)Nc2ccccn2)[C@H](C(=O)NC2CCCCC2)c2ccc(F)cc2)cc1. The Kier molecular flexibility index (Phi) is 9.78. The van der Waals surface area contributed by atoms with E-state index in [0.717, 1.165) is 37.7 Å². The second-order valence-corrected chi connectivity index (χ2v) is 10.0. The van der Waals surface area contributed by atoms with E-state index in [2.05, 4.69) is 15.6 Å². The molecule has 1 saturated carbocycles. The number of carbonyl (C=O) groups is 3. The Balaban J connectivity index is 1.56. The van der Waals surface area contributed by atoms with Crippen molar-refractivity contribution in [1.29, 1.82) is 0 Å². The summed E-state index contributed by atoms with van der Waals surface area (Å²) < 4.78 is 13.8. The minimum Gasteiger partial charge on any atom is -0.351 e. The van der Waals surface area contributed by atoms with Gasteiger partial charge in [0.2, 0.25) is 17.7 Å². The van der Waals surface area contributed by atoms with Gasteiger partial charge in [0.15, 0.2) is 0 Å². The summed E-state index contributed by atoms with van der Waals surface area (Å²) in [5.41, 5.74) is 2.10. The number of rotatable bonds is 10. The molecule has 0 spiro atoms. The van der Waals surface area contributed by atoms with Gasteiger partial charge in [0.1, 0.15) is 17.7 Å². The zero-order valence-electron chi connectivity index (χ0n) is 22.2. The van der Waals surface area contributed by atoms with Gasteiger partial charge in [-0.05, 0) is 68.1 Å². The third kappa shape index (κ3) is 7.96. The number of hydrogen-bond donors (Lipinski definition) is 2. The van der Waals surface area contributed by atoms with Gasteiger partial charge in [0, 0.05) is 30.8 Å². The molecular formula is C31H35FN4O3. The Morgan fingerprint density at radius 1 is 0.949 bits per heavy atom. The molecule has 7 nitrogen and oxygen atoms in total. The van der Waals surface area contributed by atoms with E-state index in [1.165, 1.54) is 17.0 Å². The van der Waals surface area contributed by atoms with E-state index in [1.54, 1.807) is 36.5 Å². The van der Waals surface area contributed by atoms with Crippen molar-refractivity contribution in [3.8, 4) is 0 Å². The summed E-state index contributed by atoms with van der Waals surface area (Å²) in [7, 11) is 0. The number of halogens is 1. The van der Waals surface area contributed by atoms with Crippen LogP contribution in [0.1, 0.15) is 68.5 Å². The molecule has 3 aromatic rings. The first-order valence-corrected chi connectivity index (χ1v) is 13.6. The molecule has 0 radical (unpaired) electrons. The molecular weight excluding hydrogens is 495 g/mol. The van der Waals surface area contributed by atoms with E-state index >= 15 is 0 Å². The third-order valence-corrected chi connectivity index (χ3v) is 6.95. The number of amides is 3. The normalized spacial score (nSPS) is 14.3. The number of benzene rings is 2. The predicted octanol–water partition coefficient (Wildman–Crippen LogP) is 5.86. The van der Waals surface area contributed by atoms with Gasteiger partial charge in [0.25, 0.3) is 0 Å². The fourth-order valence-electron chi connectivity index (χ4n) is 4.89. The molecule has 4 rings (SSSR count). The number of nitrogens with zero attached hydrogens (tertiary/aromatic N) is 2. The number of carbonyl (C=O) groups excluding carboxylic acids is 3. The van der Waals surface area contributed by atoms with Crippen LogP contribution < -0.4 is 15.5 Å². The first kappa shape index (κ1) is 28.0. The Labute approximate surface area is 228 Å². The minimum absolute atomic E-state index is 0.0412. The monoisotopic (exact) mass is 530 g/mol. The highest BCUT2D eigenvalue weighted by atomic mass is 19.1. The molecule has 1 fully saturated rings. The maximum Gasteiger partial charge on any atom is 0.248 e. The smallest absolute Gasteiger partial charge is 0.248 e. The lowest BCUT2D eigenvalue weighted by Crippen LogP contribution is -2.47. The van der Waals surface area contributed by atoms with Gasteiger partial charge in [-0.2, -0.15) is 0 Å². The van der Waals surface area contributed by atoms with Crippen LogP contribution in [0, 0.1) is 12.7 Å². The molecule has 0 aliphatic heterocycles. The molecule has 1 aliphatic rings. The van der Waals surface area contributed by atoms with Crippen LogP contribution in [0.25, 0.3) is 0 Å². The summed E-state index contributed by atoms with van der Waals surface area (Å²) in [6.45, 7) is 1.95. The molecule has 0 saturated heterocycles. The molecule has 204 valence electrons. The van der Waals surface area contributed by atoms with Crippen molar-refractivity contribution < 1.29 is 18.8 Å². The number of aromatic nitrogens is 1. The fourth-order valence-corrected chi connectivity index (χ4v) is 4.89. The Bertz CT molecular complexity index is 1240. The molecule has 2 N–H and O–H groups in total. The number of aryl methyl sites for hydroxylation is 1. The fraction of sp³-hybridized carbons (Fsp3) is 0.355. The summed E-state index contributed by atoms with van der Waals surface area (Å²) in [5, 5.41) is 5.88. The van der Waals surface area contributed by atoms with Gasteiger partial charge < -0.3 is 10.6 Å². The molecule has 0 bridgehead atoms. The van der Waals surface area contributed by atoms with Crippen molar-refractivity contribution in [2.24, 2.45) is 0 Å². The molecule has 3 amide bonds. The van der Waals surface area contributed by atoms with Crippen molar-refractivity contribution in [1.82, 2.24) is 10.3 Å². The van der Waals surface area contributed by atoms with Crippen molar-refractivity contribution in [2.45, 2.75) is 70.4 Å². The van der Waals surface area contributed by atoms with Crippen LogP contribution in [0.15, 0.2) is 72.9 Å². The van der Waals surface area contributed by atoms with E-state index in [1.807, 2.05) is 31.2 Å². The minimum atomic E-state index is -0.981. The summed E-state index contributed by atoms with van der Waals surface area (Å²) >= 11 is 0. The number of pyridine rings is 1. The van der Waals surface area contributed by atoms with Crippen LogP contribution in [-0.4, -0.2) is 28.7 Å². The zero-order valence-corrected chi connectivity index (χ0v) is 22.2. The highest BCUT2D eigenvalue weighted by Crippen LogP contribution is 2.30. The van der Waals surface area contributed by atoms with E-state index in [9.17, 15) is 18.8 Å². The quantitative estimate of drug-likeness (QED) is 0.343. The van der Waals surface area contributed by atoms with Gasteiger partial charge in [-0.3, -0.25) is 19.3 Å². The Hall–Kier alpha value is -4.07. The van der Waals surface area contributed by atoms with Gasteiger partial charge >= 0.3 is 0 Å². The summed E-state index contributed by atoms with van der Waals surface area (Å²) in [5.74, 6) is -0.801. The maximum atomic E-state index is 13.8. The van der Waals surface area contributed by atoms with Crippen LogP contribution in [-0.2, 0) is 14.4 Å². The lowest BCUT2D eigenvalue weighted by atomic mass is 9.94. The average molecular weight is 531 g/mol. The molecule has 8 heteroatoms. The standard InChI is InChI=1S/C31H35FN4O3/c1-22-13-19-26(20-14-22)36(29(38)12-7-11-28(37)35-27-10-5-6-21-33-27)30(23-15-17-24(32)18-16-23)31(39)34-25-8-3-2-4-9-25/h5-6,10,13-21,25,30H,2-4,7-9,11-12H2,1H3,(H,34,39)(H,33,35,37)/t30-/m0/s1. The third-order valence-electron chi connectivity index (χ3n) is 6.95. The van der Waals surface area contributed by atoms with Crippen LogP contribution in [0.3, 0.4) is 0 Å². The molecule has 1 aromatic heterocycles. The summed E-state index contributed by atoms with van der Waals surface area (Å²) in [4.78, 5) is 45.6. The number of anilines is 2. The van der Waals surface area contributed by atoms with Crippen molar-refractivity contribution in [3.63, 3.8) is 0 Å². The highest BCUT2D eigenvalue weighted by Gasteiger charge is 2.34. The molecule has 1 aliphatic carbocycles. The molecule has 1 heterocycles. The Morgan fingerprint density at radius 3 is 2.33 bits per heavy atom. The molecule has 1 atom stereocenters. The van der Waals surface area contributed by atoms with Crippen molar-refractivity contribution in [2.75, 3.05) is 10.2 Å². The second kappa shape index (κ2) is 13.6. The van der Waals surface area contributed by atoms with E-state index in [0.29, 0.717) is 23.5 Å². The highest BCUT2D eigenvalue weighted by molar-refractivity contribution is 6.01. The predicted molar refractivity (Wildman–Crippen MR) is 150 cm³/mol. The molecule has 0 unspecified atom stereocenters. The van der Waals surface area contributed by atoms with Gasteiger partial charge in [-0.25, -0.2) is 9.37 Å². The van der Waals surface area contributed by atoms with E-state index in [4.69, 9.17) is 0 Å². The summed E-state index contributed by atoms with van der Waals surface area (Å²) in [6, 6.07) is 17.4. The van der Waals surface area contributed by atoms with Crippen molar-refractivity contribution in [3.05, 3.63) is 89.9 Å². The number of nitrogens with one attached hydrogen (secondary N) is 2. The van der Waals surface area contributed by atoms with Crippen LogP contribution in [0.4, 0.5) is 15.9 Å². The summed E-state index contributed by atoms with van der Waals surface area (Å²) in [6.07, 6.45) is 7.10. The topological polar surface area (TPSA) is 91.4 Å². The van der Waals surface area contributed by atoms with Crippen LogP contribution in [0.5, 0.6) is 0 Å². The number of hydrogen-bond acceptors (Lipinski definition) is 4. The van der Waals surface area contributed by atoms with E-state index < -0.39 is 11.9 Å². The van der Waals surface area contributed by atoms with Gasteiger partial charge in [0.05, 0.1) is 0 Å².